The quantitative estimate of drug-likeness (QED) is 0.566. The molecule has 1 fully saturated rings. The third-order valence-electron chi connectivity index (χ3n) is 4.51. The number of carbonyl (C=O) groups excluding carboxylic acids is 1. The molecule has 27 heavy (non-hydrogen) atoms. The number of nitrogens with zero attached hydrogens (tertiary/aromatic N) is 2. The summed E-state index contributed by atoms with van der Waals surface area (Å²) >= 11 is 8.78. The Morgan fingerprint density at radius 1 is 1.30 bits per heavy atom. The number of Topliss-reactive ketones (excluding diaryl/α,β-unsaturated/α-hetero) is 1. The second kappa shape index (κ2) is 7.11. The highest BCUT2D eigenvalue weighted by molar-refractivity contribution is 8.19. The molecule has 0 aliphatic carbocycles. The number of ketones is 1. The van der Waals surface area contributed by atoms with Gasteiger partial charge in [0.05, 0.1) is 9.95 Å². The lowest BCUT2D eigenvalue weighted by molar-refractivity contribution is -0.114. The van der Waals surface area contributed by atoms with Crippen molar-refractivity contribution in [1.82, 2.24) is 9.55 Å². The number of thiazole rings is 1. The molecule has 1 atom stereocenters. The topological polar surface area (TPSA) is 58.7 Å². The molecular weight excluding hydrogens is 398 g/mol. The van der Waals surface area contributed by atoms with Crippen molar-refractivity contribution in [2.45, 2.75) is 19.8 Å². The van der Waals surface area contributed by atoms with Gasteiger partial charge in [-0.25, -0.2) is 4.98 Å². The van der Waals surface area contributed by atoms with Crippen LogP contribution in [0.1, 0.15) is 27.9 Å². The maximum absolute atomic E-state index is 12.8. The minimum atomic E-state index is -0.558. The molecule has 1 N–H and O–H groups in total. The van der Waals surface area contributed by atoms with Crippen molar-refractivity contribution >= 4 is 51.6 Å². The molecule has 3 heterocycles. The number of hydrogen-bond acceptors (Lipinski definition) is 5. The summed E-state index contributed by atoms with van der Waals surface area (Å²) in [6.07, 6.45) is 3.56. The molecule has 1 aromatic carbocycles. The molecule has 0 saturated carbocycles. The van der Waals surface area contributed by atoms with Gasteiger partial charge >= 0.3 is 0 Å². The van der Waals surface area contributed by atoms with Gasteiger partial charge in [0.15, 0.2) is 5.78 Å². The number of halogens is 1. The average Bonchev–Trinajstić information content (AvgIpc) is 3.29. The predicted octanol–water partition coefficient (Wildman–Crippen LogP) is 5.62. The number of nitrogens with one attached hydrogen (secondary N) is 1. The summed E-state index contributed by atoms with van der Waals surface area (Å²) < 4.78 is 2.12. The van der Waals surface area contributed by atoms with E-state index in [0.717, 1.165) is 22.6 Å². The molecule has 4 nitrogen and oxygen atoms in total. The number of thioether (sulfide) groups is 1. The fraction of sp³-hybridized carbons (Fsp3) is 0.150. The van der Waals surface area contributed by atoms with Gasteiger partial charge < -0.3 is 4.57 Å². The lowest BCUT2D eigenvalue weighted by atomic mass is 10.1. The smallest absolute Gasteiger partial charge is 0.186 e. The van der Waals surface area contributed by atoms with Gasteiger partial charge in [0, 0.05) is 33.7 Å². The first-order valence-corrected chi connectivity index (χ1v) is 10.4. The van der Waals surface area contributed by atoms with E-state index in [4.69, 9.17) is 17.0 Å². The predicted molar refractivity (Wildman–Crippen MR) is 113 cm³/mol. The van der Waals surface area contributed by atoms with Gasteiger partial charge in [-0.3, -0.25) is 10.2 Å². The lowest BCUT2D eigenvalue weighted by Gasteiger charge is -2.10. The summed E-state index contributed by atoms with van der Waals surface area (Å²) in [4.78, 5) is 17.7. The zero-order valence-electron chi connectivity index (χ0n) is 14.7. The number of aryl methyl sites for hydroxylation is 1. The second-order valence-electron chi connectivity index (χ2n) is 6.28. The molecule has 7 heteroatoms. The first kappa shape index (κ1) is 18.2. The molecule has 0 spiro atoms. The Balaban J connectivity index is 1.72. The molecule has 2 aromatic heterocycles. The van der Waals surface area contributed by atoms with Gasteiger partial charge in [-0.1, -0.05) is 29.4 Å². The number of allylic oxidation sites excluding steroid dienone is 1. The van der Waals surface area contributed by atoms with Crippen molar-refractivity contribution in [2.75, 3.05) is 0 Å². The van der Waals surface area contributed by atoms with E-state index in [2.05, 4.69) is 15.6 Å². The van der Waals surface area contributed by atoms with Crippen LogP contribution in [-0.2, 0) is 4.79 Å². The number of benzene rings is 1. The van der Waals surface area contributed by atoms with Crippen LogP contribution >= 0.6 is 34.7 Å². The Kier molecular flexibility index (Phi) is 4.80. The first-order chi connectivity index (χ1) is 13.0. The molecule has 1 saturated heterocycles. The molecule has 4 rings (SSSR count). The summed E-state index contributed by atoms with van der Waals surface area (Å²) in [7, 11) is 0. The van der Waals surface area contributed by atoms with Crippen molar-refractivity contribution in [2.24, 2.45) is 0 Å². The highest BCUT2D eigenvalue weighted by Gasteiger charge is 2.38. The highest BCUT2D eigenvalue weighted by atomic mass is 35.5. The van der Waals surface area contributed by atoms with Crippen LogP contribution in [0.25, 0.3) is 11.8 Å². The molecule has 1 unspecified atom stereocenters. The number of rotatable bonds is 3. The zero-order valence-corrected chi connectivity index (χ0v) is 17.1. The molecule has 1 aliphatic heterocycles. The monoisotopic (exact) mass is 413 g/mol. The van der Waals surface area contributed by atoms with E-state index in [-0.39, 0.29) is 5.78 Å². The van der Waals surface area contributed by atoms with E-state index in [0.29, 0.717) is 20.0 Å². The summed E-state index contributed by atoms with van der Waals surface area (Å²) in [6.45, 7) is 4.05. The van der Waals surface area contributed by atoms with Crippen molar-refractivity contribution in [3.63, 3.8) is 0 Å². The van der Waals surface area contributed by atoms with Gasteiger partial charge in [0.1, 0.15) is 10.9 Å². The third-order valence-corrected chi connectivity index (χ3v) is 6.58. The molecular formula is C20H16ClN3OS2. The van der Waals surface area contributed by atoms with Gasteiger partial charge in [-0.2, -0.15) is 0 Å². The van der Waals surface area contributed by atoms with E-state index in [9.17, 15) is 4.79 Å². The SMILES string of the molecule is Cc1cc(C=C2SC(=N)C(c3nccs3)C2=O)c(C)n1-c1cccc(Cl)c1. The Labute approximate surface area is 170 Å². The molecule has 0 radical (unpaired) electrons. The second-order valence-corrected chi connectivity index (χ2v) is 8.73. The van der Waals surface area contributed by atoms with Crippen LogP contribution in [0, 0.1) is 19.3 Å². The fourth-order valence-corrected chi connectivity index (χ4v) is 5.26. The number of hydrogen-bond donors (Lipinski definition) is 1. The third kappa shape index (κ3) is 3.29. The van der Waals surface area contributed by atoms with Crippen LogP contribution in [0.3, 0.4) is 0 Å². The van der Waals surface area contributed by atoms with E-state index in [1.807, 2.05) is 49.6 Å². The largest absolute Gasteiger partial charge is 0.318 e. The molecule has 136 valence electrons. The van der Waals surface area contributed by atoms with Crippen LogP contribution in [0.4, 0.5) is 0 Å². The average molecular weight is 414 g/mol. The summed E-state index contributed by atoms with van der Waals surface area (Å²) in [5.74, 6) is -0.606. The van der Waals surface area contributed by atoms with E-state index in [1.165, 1.54) is 23.1 Å². The van der Waals surface area contributed by atoms with Crippen LogP contribution in [0.5, 0.6) is 0 Å². The van der Waals surface area contributed by atoms with E-state index >= 15 is 0 Å². The summed E-state index contributed by atoms with van der Waals surface area (Å²) in [6, 6.07) is 9.75. The summed E-state index contributed by atoms with van der Waals surface area (Å²) in [5, 5.41) is 11.8. The molecule has 0 bridgehead atoms. The van der Waals surface area contributed by atoms with E-state index in [1.54, 1.807) is 6.20 Å². The minimum Gasteiger partial charge on any atom is -0.318 e. The molecule has 1 aliphatic rings. The maximum atomic E-state index is 12.8. The van der Waals surface area contributed by atoms with Crippen molar-refractivity contribution in [1.29, 1.82) is 5.41 Å². The Bertz CT molecular complexity index is 1080. The van der Waals surface area contributed by atoms with Crippen LogP contribution in [-0.4, -0.2) is 20.4 Å². The first-order valence-electron chi connectivity index (χ1n) is 8.32. The van der Waals surface area contributed by atoms with E-state index < -0.39 is 5.92 Å². The Hall–Kier alpha value is -2.15. The van der Waals surface area contributed by atoms with Crippen LogP contribution in [0.15, 0.2) is 46.8 Å². The van der Waals surface area contributed by atoms with Crippen LogP contribution in [0.2, 0.25) is 5.02 Å². The van der Waals surface area contributed by atoms with Gasteiger partial charge in [0.2, 0.25) is 0 Å². The number of aromatic nitrogens is 2. The summed E-state index contributed by atoms with van der Waals surface area (Å²) in [5.41, 5.74) is 4.04. The number of carbonyl (C=O) groups is 1. The van der Waals surface area contributed by atoms with Crippen molar-refractivity contribution in [3.8, 4) is 5.69 Å². The molecule has 0 amide bonds. The normalized spacial score (nSPS) is 18.6. The highest BCUT2D eigenvalue weighted by Crippen LogP contribution is 2.41. The fourth-order valence-electron chi connectivity index (χ4n) is 3.28. The maximum Gasteiger partial charge on any atom is 0.186 e. The standard InChI is InChI=1S/C20H16ClN3OS2/c1-11-8-13(12(2)24(11)15-5-3-4-14(21)10-15)9-16-18(25)17(19(22)27-16)20-23-6-7-26-20/h3-10,17,22H,1-2H3. The van der Waals surface area contributed by atoms with Crippen LogP contribution < -0.4 is 0 Å². The van der Waals surface area contributed by atoms with Gasteiger partial charge in [0.25, 0.3) is 0 Å². The minimum absolute atomic E-state index is 0.0486. The zero-order chi connectivity index (χ0) is 19.1. The Morgan fingerprint density at radius 3 is 2.81 bits per heavy atom. The van der Waals surface area contributed by atoms with Gasteiger partial charge in [-0.15, -0.1) is 11.3 Å². The molecule has 3 aromatic rings. The van der Waals surface area contributed by atoms with Gasteiger partial charge in [-0.05, 0) is 49.8 Å². The van der Waals surface area contributed by atoms with Crippen molar-refractivity contribution < 1.29 is 4.79 Å². The van der Waals surface area contributed by atoms with Crippen molar-refractivity contribution in [3.05, 3.63) is 73.8 Å². The Morgan fingerprint density at radius 2 is 2.11 bits per heavy atom. The lowest BCUT2D eigenvalue weighted by Crippen LogP contribution is -2.11.